The van der Waals surface area contributed by atoms with E-state index in [1.54, 1.807) is 0 Å². The Kier molecular flexibility index (Phi) is 6.09. The highest BCUT2D eigenvalue weighted by Crippen LogP contribution is 2.24. The lowest BCUT2D eigenvalue weighted by Gasteiger charge is -2.39. The van der Waals surface area contributed by atoms with Crippen LogP contribution in [0.2, 0.25) is 0 Å². The maximum absolute atomic E-state index is 12.3. The van der Waals surface area contributed by atoms with Crippen LogP contribution in [-0.4, -0.2) is 59.1 Å². The lowest BCUT2D eigenvalue weighted by atomic mass is 9.91. The molecule has 4 heteroatoms. The van der Waals surface area contributed by atoms with E-state index in [0.29, 0.717) is 0 Å². The zero-order valence-corrected chi connectivity index (χ0v) is 12.2. The lowest BCUT2D eigenvalue weighted by Crippen LogP contribution is -2.53. The topological polar surface area (TPSA) is 43.8 Å². The Morgan fingerprint density at radius 1 is 1.28 bits per heavy atom. The molecule has 0 radical (unpaired) electrons. The molecule has 0 aliphatic heterocycles. The molecule has 1 amide bonds. The van der Waals surface area contributed by atoms with E-state index in [1.807, 2.05) is 32.7 Å². The zero-order valence-electron chi connectivity index (χ0n) is 12.2. The predicted octanol–water partition coefficient (Wildman–Crippen LogP) is 1.48. The summed E-state index contributed by atoms with van der Waals surface area (Å²) in [5.74, 6) is 0.167. The molecule has 1 fully saturated rings. The third-order valence-corrected chi connectivity index (χ3v) is 4.26. The molecule has 0 aromatic rings. The molecular formula is C14H28N2O2. The summed E-state index contributed by atoms with van der Waals surface area (Å²) in [6, 6.07) is -0.0177. The summed E-state index contributed by atoms with van der Waals surface area (Å²) >= 11 is 0. The first-order chi connectivity index (χ1) is 8.52. The molecule has 0 saturated heterocycles. The minimum absolute atomic E-state index is 0.133. The fourth-order valence-corrected chi connectivity index (χ4v) is 2.83. The van der Waals surface area contributed by atoms with Crippen LogP contribution in [0.25, 0.3) is 0 Å². The molecular weight excluding hydrogens is 228 g/mol. The van der Waals surface area contributed by atoms with Gasteiger partial charge >= 0.3 is 0 Å². The fraction of sp³-hybridized carbons (Fsp3) is 0.929. The average Bonchev–Trinajstić information content (AvgIpc) is 2.39. The van der Waals surface area contributed by atoms with Crippen LogP contribution in [0, 0.1) is 0 Å². The van der Waals surface area contributed by atoms with Crippen molar-refractivity contribution in [2.45, 2.75) is 64.6 Å². The van der Waals surface area contributed by atoms with Crippen molar-refractivity contribution in [3.05, 3.63) is 0 Å². The Bertz CT molecular complexity index is 267. The number of hydrogen-bond donors (Lipinski definition) is 1. The molecule has 3 atom stereocenters. The number of rotatable bonds is 5. The first-order valence-electron chi connectivity index (χ1n) is 7.21. The van der Waals surface area contributed by atoms with Crippen LogP contribution < -0.4 is 0 Å². The highest BCUT2D eigenvalue weighted by atomic mass is 16.3. The summed E-state index contributed by atoms with van der Waals surface area (Å²) in [6.07, 6.45) is 3.83. The second-order valence-corrected chi connectivity index (χ2v) is 5.27. The Hall–Kier alpha value is -0.610. The van der Waals surface area contributed by atoms with E-state index >= 15 is 0 Å². The highest BCUT2D eigenvalue weighted by molar-refractivity contribution is 5.81. The highest BCUT2D eigenvalue weighted by Gasteiger charge is 2.32. The summed E-state index contributed by atoms with van der Waals surface area (Å²) in [4.78, 5) is 16.2. The maximum Gasteiger partial charge on any atom is 0.239 e. The largest absolute Gasteiger partial charge is 0.391 e. The standard InChI is InChI=1S/C14H28N2O2/c1-5-16(6-2)14(18)11(3)15(4)12-9-7-8-10-13(12)17/h11-13,17H,5-10H2,1-4H3. The Morgan fingerprint density at radius 2 is 1.83 bits per heavy atom. The van der Waals surface area contributed by atoms with Crippen molar-refractivity contribution >= 4 is 5.91 Å². The third-order valence-electron chi connectivity index (χ3n) is 4.26. The zero-order chi connectivity index (χ0) is 13.7. The summed E-state index contributed by atoms with van der Waals surface area (Å²) in [5, 5.41) is 10.1. The van der Waals surface area contributed by atoms with Crippen molar-refractivity contribution < 1.29 is 9.90 Å². The average molecular weight is 256 g/mol. The molecule has 0 spiro atoms. The lowest BCUT2D eigenvalue weighted by molar-refractivity contribution is -0.137. The van der Waals surface area contributed by atoms with Gasteiger partial charge in [0.2, 0.25) is 5.91 Å². The van der Waals surface area contributed by atoms with Gasteiger partial charge in [-0.1, -0.05) is 12.8 Å². The van der Waals surface area contributed by atoms with Gasteiger partial charge in [0.25, 0.3) is 0 Å². The van der Waals surface area contributed by atoms with E-state index in [2.05, 4.69) is 4.90 Å². The molecule has 106 valence electrons. The molecule has 1 saturated carbocycles. The molecule has 3 unspecified atom stereocenters. The maximum atomic E-state index is 12.3. The normalized spacial score (nSPS) is 26.1. The first-order valence-corrected chi connectivity index (χ1v) is 7.21. The number of aliphatic hydroxyl groups excluding tert-OH is 1. The number of amides is 1. The molecule has 0 aromatic heterocycles. The Balaban J connectivity index is 2.64. The van der Waals surface area contributed by atoms with Gasteiger partial charge in [-0.25, -0.2) is 0 Å². The van der Waals surface area contributed by atoms with Crippen molar-refractivity contribution in [1.82, 2.24) is 9.80 Å². The van der Waals surface area contributed by atoms with Gasteiger partial charge < -0.3 is 10.0 Å². The summed E-state index contributed by atoms with van der Waals surface area (Å²) in [6.45, 7) is 7.45. The van der Waals surface area contributed by atoms with Crippen molar-refractivity contribution in [3.8, 4) is 0 Å². The van der Waals surface area contributed by atoms with E-state index in [1.165, 1.54) is 0 Å². The Morgan fingerprint density at radius 3 is 2.33 bits per heavy atom. The number of nitrogens with zero attached hydrogens (tertiary/aromatic N) is 2. The van der Waals surface area contributed by atoms with E-state index in [0.717, 1.165) is 38.8 Å². The van der Waals surface area contributed by atoms with Crippen LogP contribution in [0.15, 0.2) is 0 Å². The van der Waals surface area contributed by atoms with Crippen LogP contribution in [0.1, 0.15) is 46.5 Å². The van der Waals surface area contributed by atoms with Gasteiger partial charge in [0.15, 0.2) is 0 Å². The number of likely N-dealkylation sites (N-methyl/N-ethyl adjacent to an activating group) is 2. The quantitative estimate of drug-likeness (QED) is 0.810. The molecule has 1 rings (SSSR count). The second-order valence-electron chi connectivity index (χ2n) is 5.27. The molecule has 18 heavy (non-hydrogen) atoms. The number of hydrogen-bond acceptors (Lipinski definition) is 3. The third kappa shape index (κ3) is 3.45. The molecule has 1 aliphatic rings. The van der Waals surface area contributed by atoms with Crippen molar-refractivity contribution in [3.63, 3.8) is 0 Å². The van der Waals surface area contributed by atoms with Gasteiger partial charge in [-0.3, -0.25) is 9.69 Å². The molecule has 1 N–H and O–H groups in total. The van der Waals surface area contributed by atoms with Gasteiger partial charge in [-0.05, 0) is 40.7 Å². The number of carbonyl (C=O) groups is 1. The summed E-state index contributed by atoms with van der Waals surface area (Å²) in [5.41, 5.74) is 0. The Labute approximate surface area is 111 Å². The van der Waals surface area contributed by atoms with Crippen LogP contribution in [0.4, 0.5) is 0 Å². The van der Waals surface area contributed by atoms with E-state index in [-0.39, 0.29) is 24.1 Å². The minimum atomic E-state index is -0.282. The van der Waals surface area contributed by atoms with Crippen LogP contribution in [0.3, 0.4) is 0 Å². The molecule has 1 aliphatic carbocycles. The van der Waals surface area contributed by atoms with E-state index in [9.17, 15) is 9.90 Å². The minimum Gasteiger partial charge on any atom is -0.391 e. The van der Waals surface area contributed by atoms with Crippen LogP contribution >= 0.6 is 0 Å². The molecule has 0 heterocycles. The SMILES string of the molecule is CCN(CC)C(=O)C(C)N(C)C1CCCCC1O. The first kappa shape index (κ1) is 15.4. The van der Waals surface area contributed by atoms with Gasteiger partial charge in [0.1, 0.15) is 0 Å². The summed E-state index contributed by atoms with van der Waals surface area (Å²) in [7, 11) is 1.96. The van der Waals surface area contributed by atoms with Gasteiger partial charge in [0.05, 0.1) is 12.1 Å². The van der Waals surface area contributed by atoms with E-state index in [4.69, 9.17) is 0 Å². The number of aliphatic hydroxyl groups is 1. The molecule has 0 aromatic carbocycles. The predicted molar refractivity (Wildman–Crippen MR) is 73.4 cm³/mol. The second kappa shape index (κ2) is 7.10. The van der Waals surface area contributed by atoms with Gasteiger partial charge in [-0.2, -0.15) is 0 Å². The smallest absolute Gasteiger partial charge is 0.239 e. The van der Waals surface area contributed by atoms with E-state index < -0.39 is 0 Å². The van der Waals surface area contributed by atoms with Crippen molar-refractivity contribution in [2.75, 3.05) is 20.1 Å². The van der Waals surface area contributed by atoms with Gasteiger partial charge in [0, 0.05) is 19.1 Å². The monoisotopic (exact) mass is 256 g/mol. The number of carbonyl (C=O) groups excluding carboxylic acids is 1. The molecule has 0 bridgehead atoms. The molecule has 4 nitrogen and oxygen atoms in total. The van der Waals surface area contributed by atoms with Crippen LogP contribution in [-0.2, 0) is 4.79 Å². The van der Waals surface area contributed by atoms with Crippen molar-refractivity contribution in [2.24, 2.45) is 0 Å². The van der Waals surface area contributed by atoms with Gasteiger partial charge in [-0.15, -0.1) is 0 Å². The van der Waals surface area contributed by atoms with Crippen molar-refractivity contribution in [1.29, 1.82) is 0 Å². The van der Waals surface area contributed by atoms with Crippen LogP contribution in [0.5, 0.6) is 0 Å². The fourth-order valence-electron chi connectivity index (χ4n) is 2.83. The summed E-state index contributed by atoms with van der Waals surface area (Å²) < 4.78 is 0.